The Morgan fingerprint density at radius 3 is 2.07 bits per heavy atom. The molecule has 1 rings (SSSR count). The van der Waals surface area contributed by atoms with Crippen molar-refractivity contribution in [2.45, 2.75) is 6.42 Å². The maximum Gasteiger partial charge on any atom is 0.185 e. The lowest BCUT2D eigenvalue weighted by Crippen LogP contribution is -2.12. The highest BCUT2D eigenvalue weighted by atomic mass is 19.2. The Morgan fingerprint density at radius 2 is 1.60 bits per heavy atom. The molecule has 0 saturated heterocycles. The summed E-state index contributed by atoms with van der Waals surface area (Å²) in [5, 5.41) is 2.23. The van der Waals surface area contributed by atoms with E-state index in [-0.39, 0.29) is 6.54 Å². The van der Waals surface area contributed by atoms with Crippen molar-refractivity contribution in [3.63, 3.8) is 0 Å². The summed E-state index contributed by atoms with van der Waals surface area (Å²) in [5.41, 5.74) is 4.32. The molecular formula is C9H9F4N2. The topological polar surface area (TPSA) is 38.0 Å². The lowest BCUT2D eigenvalue weighted by atomic mass is 10.2. The second kappa shape index (κ2) is 4.97. The molecular weight excluding hydrogens is 212 g/mol. The minimum Gasteiger partial charge on any atom is -0.380 e. The number of nitrogens with two attached hydrogens (primary N) is 1. The zero-order chi connectivity index (χ0) is 11.4. The van der Waals surface area contributed by atoms with Crippen molar-refractivity contribution in [1.82, 2.24) is 0 Å². The molecule has 1 aromatic rings. The van der Waals surface area contributed by atoms with Crippen LogP contribution in [0.25, 0.3) is 0 Å². The molecule has 0 fully saturated rings. The van der Waals surface area contributed by atoms with Crippen LogP contribution in [0.2, 0.25) is 0 Å². The highest BCUT2D eigenvalue weighted by Crippen LogP contribution is 2.23. The Bertz CT molecular complexity index is 328. The Balaban J connectivity index is 2.94. The van der Waals surface area contributed by atoms with Gasteiger partial charge in [0.1, 0.15) is 5.69 Å². The van der Waals surface area contributed by atoms with Gasteiger partial charge in [-0.05, 0) is 13.0 Å². The first-order valence-corrected chi connectivity index (χ1v) is 4.27. The molecule has 0 aliphatic rings. The number of anilines is 1. The predicted octanol–water partition coefficient (Wildman–Crippen LogP) is 1.80. The van der Waals surface area contributed by atoms with E-state index in [4.69, 9.17) is 5.73 Å². The molecule has 1 aromatic carbocycles. The Morgan fingerprint density at radius 1 is 1.07 bits per heavy atom. The summed E-state index contributed by atoms with van der Waals surface area (Å²) in [5.74, 6) is -6.06. The summed E-state index contributed by atoms with van der Waals surface area (Å²) >= 11 is 0. The first-order chi connectivity index (χ1) is 7.07. The third-order valence-corrected chi connectivity index (χ3v) is 1.73. The average Bonchev–Trinajstić information content (AvgIpc) is 2.20. The molecule has 0 unspecified atom stereocenters. The van der Waals surface area contributed by atoms with E-state index in [1.165, 1.54) is 6.07 Å². The molecule has 0 saturated carbocycles. The van der Waals surface area contributed by atoms with E-state index < -0.39 is 29.0 Å². The van der Waals surface area contributed by atoms with Crippen LogP contribution in [0.5, 0.6) is 0 Å². The summed E-state index contributed by atoms with van der Waals surface area (Å²) < 4.78 is 51.2. The SMILES string of the molecule is NCCCNc1c(F)c(F)[c]c(F)c1F. The molecule has 0 aliphatic carbocycles. The largest absolute Gasteiger partial charge is 0.380 e. The number of hydrogen-bond acceptors (Lipinski definition) is 2. The van der Waals surface area contributed by atoms with E-state index in [0.717, 1.165) is 0 Å². The average molecular weight is 221 g/mol. The zero-order valence-electron chi connectivity index (χ0n) is 7.71. The van der Waals surface area contributed by atoms with Gasteiger partial charge in [0.25, 0.3) is 0 Å². The molecule has 0 heterocycles. The van der Waals surface area contributed by atoms with Gasteiger partial charge in [-0.2, -0.15) is 0 Å². The second-order valence-electron chi connectivity index (χ2n) is 2.82. The molecule has 15 heavy (non-hydrogen) atoms. The van der Waals surface area contributed by atoms with Gasteiger partial charge in [-0.3, -0.25) is 0 Å². The van der Waals surface area contributed by atoms with Gasteiger partial charge in [0.15, 0.2) is 23.3 Å². The van der Waals surface area contributed by atoms with Crippen LogP contribution in [-0.2, 0) is 0 Å². The van der Waals surface area contributed by atoms with Gasteiger partial charge in [0.2, 0.25) is 0 Å². The Labute approximate surface area is 84.1 Å². The van der Waals surface area contributed by atoms with Gasteiger partial charge in [-0.15, -0.1) is 0 Å². The second-order valence-corrected chi connectivity index (χ2v) is 2.82. The summed E-state index contributed by atoms with van der Waals surface area (Å²) in [6, 6.07) is 1.29. The maximum absolute atomic E-state index is 13.0. The van der Waals surface area contributed by atoms with Gasteiger partial charge in [-0.1, -0.05) is 0 Å². The maximum atomic E-state index is 13.0. The summed E-state index contributed by atoms with van der Waals surface area (Å²) in [7, 11) is 0. The quantitative estimate of drug-likeness (QED) is 0.462. The summed E-state index contributed by atoms with van der Waals surface area (Å²) in [6.07, 6.45) is 0.431. The van der Waals surface area contributed by atoms with Crippen molar-refractivity contribution >= 4 is 5.69 Å². The number of hydrogen-bond donors (Lipinski definition) is 2. The minimum absolute atomic E-state index is 0.132. The molecule has 6 heteroatoms. The number of halogens is 4. The lowest BCUT2D eigenvalue weighted by Gasteiger charge is -2.08. The molecule has 1 radical (unpaired) electrons. The van der Waals surface area contributed by atoms with Gasteiger partial charge >= 0.3 is 0 Å². The predicted molar refractivity (Wildman–Crippen MR) is 47.3 cm³/mol. The molecule has 0 atom stereocenters. The van der Waals surface area contributed by atoms with Gasteiger partial charge in [-0.25, -0.2) is 17.6 Å². The van der Waals surface area contributed by atoms with Crippen LogP contribution in [0.4, 0.5) is 23.2 Å². The molecule has 2 nitrogen and oxygen atoms in total. The Kier molecular flexibility index (Phi) is 3.90. The smallest absolute Gasteiger partial charge is 0.185 e. The van der Waals surface area contributed by atoms with E-state index >= 15 is 0 Å². The van der Waals surface area contributed by atoms with Crippen molar-refractivity contribution in [1.29, 1.82) is 0 Å². The van der Waals surface area contributed by atoms with Crippen molar-refractivity contribution in [3.05, 3.63) is 29.3 Å². The molecule has 83 valence electrons. The highest BCUT2D eigenvalue weighted by Gasteiger charge is 2.18. The number of benzene rings is 1. The molecule has 0 aliphatic heterocycles. The molecule has 0 bridgehead atoms. The fourth-order valence-corrected chi connectivity index (χ4v) is 0.993. The highest BCUT2D eigenvalue weighted by molar-refractivity contribution is 5.46. The minimum atomic E-state index is -1.55. The van der Waals surface area contributed by atoms with Crippen molar-refractivity contribution in [2.24, 2.45) is 5.73 Å². The van der Waals surface area contributed by atoms with E-state index in [2.05, 4.69) is 5.32 Å². The van der Waals surface area contributed by atoms with E-state index in [1.54, 1.807) is 0 Å². The van der Waals surface area contributed by atoms with Gasteiger partial charge < -0.3 is 11.1 Å². The van der Waals surface area contributed by atoms with Crippen LogP contribution < -0.4 is 11.1 Å². The zero-order valence-corrected chi connectivity index (χ0v) is 7.71. The standard InChI is InChI=1S/C9H9F4N2/c10-5-4-6(11)8(13)9(7(5)12)15-3-1-2-14/h15H,1-3,14H2. The molecule has 3 N–H and O–H groups in total. The third-order valence-electron chi connectivity index (χ3n) is 1.73. The normalized spacial score (nSPS) is 10.5. The van der Waals surface area contributed by atoms with Crippen LogP contribution >= 0.6 is 0 Å². The van der Waals surface area contributed by atoms with Crippen molar-refractivity contribution < 1.29 is 17.6 Å². The fraction of sp³-hybridized carbons (Fsp3) is 0.333. The van der Waals surface area contributed by atoms with E-state index in [1.807, 2.05) is 0 Å². The van der Waals surface area contributed by atoms with E-state index in [9.17, 15) is 17.6 Å². The van der Waals surface area contributed by atoms with Crippen LogP contribution in [0.1, 0.15) is 6.42 Å². The van der Waals surface area contributed by atoms with Crippen LogP contribution in [0, 0.1) is 29.3 Å². The van der Waals surface area contributed by atoms with Gasteiger partial charge in [0.05, 0.1) is 6.07 Å². The van der Waals surface area contributed by atoms with Crippen molar-refractivity contribution in [2.75, 3.05) is 18.4 Å². The first-order valence-electron chi connectivity index (χ1n) is 4.27. The third kappa shape index (κ3) is 2.59. The molecule has 0 aromatic heterocycles. The van der Waals surface area contributed by atoms with Crippen molar-refractivity contribution in [3.8, 4) is 0 Å². The van der Waals surface area contributed by atoms with Gasteiger partial charge in [0, 0.05) is 6.54 Å². The lowest BCUT2D eigenvalue weighted by molar-refractivity contribution is 0.455. The monoisotopic (exact) mass is 221 g/mol. The number of rotatable bonds is 4. The number of nitrogens with one attached hydrogen (secondary N) is 1. The summed E-state index contributed by atoms with van der Waals surface area (Å²) in [4.78, 5) is 0. The fourth-order valence-electron chi connectivity index (χ4n) is 0.993. The van der Waals surface area contributed by atoms with Crippen LogP contribution in [0.3, 0.4) is 0 Å². The summed E-state index contributed by atoms with van der Waals surface area (Å²) in [6.45, 7) is 0.438. The first kappa shape index (κ1) is 11.8. The van der Waals surface area contributed by atoms with E-state index in [0.29, 0.717) is 13.0 Å². The molecule has 0 amide bonds. The van der Waals surface area contributed by atoms with Crippen LogP contribution in [0.15, 0.2) is 0 Å². The molecule has 0 spiro atoms. The Hall–Kier alpha value is -1.30. The van der Waals surface area contributed by atoms with Crippen LogP contribution in [-0.4, -0.2) is 13.1 Å².